The summed E-state index contributed by atoms with van der Waals surface area (Å²) in [4.78, 5) is 64.5. The SMILES string of the molecule is O=C(CSc1ccc(C(=O)O)cc1)N[C@@H]1C(=O)N2C(C(=O)[O-])=C(/C=C3\CCN(C4CC4)C3=O)CS[C@H]12.[Na+]. The summed E-state index contributed by atoms with van der Waals surface area (Å²) in [5.41, 5.74) is 0.812. The molecule has 0 unspecified atom stereocenters. The summed E-state index contributed by atoms with van der Waals surface area (Å²) in [6.07, 6.45) is 4.12. The maximum absolute atomic E-state index is 12.8. The van der Waals surface area contributed by atoms with E-state index in [2.05, 4.69) is 5.32 Å². The van der Waals surface area contributed by atoms with Gasteiger partial charge in [0.25, 0.3) is 5.91 Å². The van der Waals surface area contributed by atoms with E-state index in [1.165, 1.54) is 35.7 Å². The van der Waals surface area contributed by atoms with Crippen molar-refractivity contribution in [1.29, 1.82) is 0 Å². The monoisotopic (exact) mass is 551 g/mol. The zero-order chi connectivity index (χ0) is 25.6. The molecule has 3 heterocycles. The summed E-state index contributed by atoms with van der Waals surface area (Å²) in [5, 5.41) is 23.0. The van der Waals surface area contributed by atoms with Crippen molar-refractivity contribution in [2.75, 3.05) is 18.1 Å². The Balaban J connectivity index is 0.00000320. The maximum atomic E-state index is 12.8. The number of carboxylic acid groups (broad SMARTS) is 2. The summed E-state index contributed by atoms with van der Waals surface area (Å²) < 4.78 is 0. The number of hydrogen-bond acceptors (Lipinski definition) is 8. The number of aliphatic carboxylic acids is 1. The number of hydrogen-bond donors (Lipinski definition) is 2. The summed E-state index contributed by atoms with van der Waals surface area (Å²) in [6.45, 7) is 0.623. The van der Waals surface area contributed by atoms with Crippen LogP contribution in [0.1, 0.15) is 29.6 Å². The Hall–Kier alpha value is -2.25. The molecule has 2 saturated heterocycles. The van der Waals surface area contributed by atoms with Crippen LogP contribution in [0.25, 0.3) is 0 Å². The fourth-order valence-corrected chi connectivity index (χ4v) is 6.53. The van der Waals surface area contributed by atoms with E-state index in [1.807, 2.05) is 4.90 Å². The molecule has 4 aliphatic rings. The molecule has 3 fully saturated rings. The Kier molecular flexibility index (Phi) is 8.44. The largest absolute Gasteiger partial charge is 1.00 e. The Morgan fingerprint density at radius 3 is 2.51 bits per heavy atom. The van der Waals surface area contributed by atoms with Gasteiger partial charge in [0.05, 0.1) is 23.0 Å². The third-order valence-electron chi connectivity index (χ3n) is 6.47. The van der Waals surface area contributed by atoms with E-state index >= 15 is 0 Å². The number of allylic oxidation sites excluding steroid dienone is 1. The fraction of sp³-hybridized carbons (Fsp3) is 0.375. The number of carboxylic acids is 2. The Labute approximate surface area is 243 Å². The summed E-state index contributed by atoms with van der Waals surface area (Å²) in [5.74, 6) is -3.27. The number of nitrogens with one attached hydrogen (secondary N) is 1. The molecule has 0 bridgehead atoms. The van der Waals surface area contributed by atoms with Crippen LogP contribution in [0, 0.1) is 0 Å². The van der Waals surface area contributed by atoms with Crippen molar-refractivity contribution < 1.29 is 63.7 Å². The van der Waals surface area contributed by atoms with Crippen molar-refractivity contribution in [3.05, 3.63) is 52.7 Å². The molecule has 188 valence electrons. The van der Waals surface area contributed by atoms with Crippen LogP contribution in [-0.2, 0) is 19.2 Å². The van der Waals surface area contributed by atoms with Crippen molar-refractivity contribution in [3.63, 3.8) is 0 Å². The third kappa shape index (κ3) is 5.63. The van der Waals surface area contributed by atoms with Crippen molar-refractivity contribution in [2.45, 2.75) is 41.6 Å². The standard InChI is InChI=1S/C24H23N3O7S2.Na/c28-17(11-35-16-5-1-12(2-6-16)23(31)32)25-18-21(30)27-19(24(33)34)14(10-36-22(18)27)9-13-7-8-26(20(13)29)15-3-4-15;/h1-2,5-6,9,15,18,22H,3-4,7-8,10-11H2,(H,25,28)(H,31,32)(H,33,34);/q;+1/p-1/b13-9+;/t18-,22-;/m1./s1. The van der Waals surface area contributed by atoms with Crippen molar-refractivity contribution in [2.24, 2.45) is 0 Å². The van der Waals surface area contributed by atoms with Gasteiger partial charge in [0.2, 0.25) is 11.8 Å². The molecule has 37 heavy (non-hydrogen) atoms. The van der Waals surface area contributed by atoms with Gasteiger partial charge in [-0.25, -0.2) is 4.79 Å². The first kappa shape index (κ1) is 27.8. The predicted octanol–water partition coefficient (Wildman–Crippen LogP) is -2.79. The second-order valence-electron chi connectivity index (χ2n) is 8.88. The van der Waals surface area contributed by atoms with Crippen LogP contribution in [0.5, 0.6) is 0 Å². The van der Waals surface area contributed by atoms with Gasteiger partial charge < -0.3 is 25.2 Å². The van der Waals surface area contributed by atoms with Crippen molar-refractivity contribution in [1.82, 2.24) is 15.1 Å². The van der Waals surface area contributed by atoms with E-state index in [-0.39, 0.29) is 64.3 Å². The number of rotatable bonds is 8. The molecule has 2 N–H and O–H groups in total. The summed E-state index contributed by atoms with van der Waals surface area (Å²) in [7, 11) is 0. The van der Waals surface area contributed by atoms with E-state index in [1.54, 1.807) is 18.2 Å². The molecular weight excluding hydrogens is 529 g/mol. The number of carbonyl (C=O) groups excluding carboxylic acids is 4. The van der Waals surface area contributed by atoms with Gasteiger partial charge in [-0.15, -0.1) is 23.5 Å². The van der Waals surface area contributed by atoms with Gasteiger partial charge in [0.15, 0.2) is 0 Å². The van der Waals surface area contributed by atoms with Crippen molar-refractivity contribution in [3.8, 4) is 0 Å². The maximum Gasteiger partial charge on any atom is 1.00 e. The molecule has 10 nitrogen and oxygen atoms in total. The van der Waals surface area contributed by atoms with E-state index in [9.17, 15) is 29.1 Å². The van der Waals surface area contributed by atoms with Crippen LogP contribution < -0.4 is 40.0 Å². The molecule has 5 rings (SSSR count). The van der Waals surface area contributed by atoms with Crippen molar-refractivity contribution >= 4 is 53.2 Å². The number of fused-ring (bicyclic) bond motifs is 1. The molecule has 3 amide bonds. The van der Waals surface area contributed by atoms with Crippen LogP contribution in [0.4, 0.5) is 0 Å². The molecule has 0 radical (unpaired) electrons. The van der Waals surface area contributed by atoms with Gasteiger partial charge in [-0.1, -0.05) is 0 Å². The van der Waals surface area contributed by atoms with Gasteiger partial charge in [-0.05, 0) is 55.2 Å². The van der Waals surface area contributed by atoms with Gasteiger partial charge in [-0.3, -0.25) is 19.3 Å². The predicted molar refractivity (Wildman–Crippen MR) is 129 cm³/mol. The van der Waals surface area contributed by atoms with E-state index in [0.717, 1.165) is 17.7 Å². The van der Waals surface area contributed by atoms with E-state index < -0.39 is 35.2 Å². The molecule has 0 aromatic heterocycles. The number of aromatic carboxylic acids is 1. The molecule has 0 spiro atoms. The van der Waals surface area contributed by atoms with E-state index in [4.69, 9.17) is 5.11 Å². The molecule has 13 heteroatoms. The number of nitrogens with zero attached hydrogens (tertiary/aromatic N) is 2. The number of carbonyl (C=O) groups is 5. The normalized spacial score (nSPS) is 23.9. The van der Waals surface area contributed by atoms with Gasteiger partial charge in [0.1, 0.15) is 11.4 Å². The number of β-lactam (4-membered cyclic amide) rings is 1. The van der Waals surface area contributed by atoms with Crippen LogP contribution in [-0.4, -0.2) is 80.1 Å². The smallest absolute Gasteiger partial charge is 0.543 e. The summed E-state index contributed by atoms with van der Waals surface area (Å²) >= 11 is 2.52. The van der Waals surface area contributed by atoms with Crippen LogP contribution in [0.3, 0.4) is 0 Å². The van der Waals surface area contributed by atoms with Gasteiger partial charge >= 0.3 is 35.5 Å². The number of likely N-dealkylation sites (tertiary alicyclic amines) is 1. The van der Waals surface area contributed by atoms with E-state index in [0.29, 0.717) is 29.0 Å². The van der Waals surface area contributed by atoms with Gasteiger partial charge in [-0.2, -0.15) is 0 Å². The first-order chi connectivity index (χ1) is 17.2. The molecule has 3 aliphatic heterocycles. The summed E-state index contributed by atoms with van der Waals surface area (Å²) in [6, 6.07) is 5.50. The number of thioether (sulfide) groups is 2. The number of amides is 3. The first-order valence-electron chi connectivity index (χ1n) is 11.4. The fourth-order valence-electron chi connectivity index (χ4n) is 4.51. The first-order valence-corrected chi connectivity index (χ1v) is 13.4. The quantitative estimate of drug-likeness (QED) is 0.151. The van der Waals surface area contributed by atoms with Gasteiger partial charge in [0, 0.05) is 28.8 Å². The zero-order valence-corrected chi connectivity index (χ0v) is 23.6. The molecule has 1 aromatic rings. The molecule has 1 aromatic carbocycles. The molecular formula is C24H22N3NaO7S2. The van der Waals surface area contributed by atoms with Crippen LogP contribution in [0.15, 0.2) is 52.1 Å². The number of benzene rings is 1. The molecule has 1 saturated carbocycles. The minimum absolute atomic E-state index is 0. The third-order valence-corrected chi connectivity index (χ3v) is 8.79. The second-order valence-corrected chi connectivity index (χ2v) is 11.0. The molecule has 1 aliphatic carbocycles. The Morgan fingerprint density at radius 1 is 1.19 bits per heavy atom. The average molecular weight is 552 g/mol. The molecule has 2 atom stereocenters. The van der Waals surface area contributed by atoms with Crippen LogP contribution in [0.2, 0.25) is 0 Å². The topological polar surface area (TPSA) is 147 Å². The average Bonchev–Trinajstić information content (AvgIpc) is 3.64. The second kappa shape index (κ2) is 11.2. The Morgan fingerprint density at radius 2 is 1.89 bits per heavy atom. The minimum atomic E-state index is -1.49. The Bertz CT molecular complexity index is 1230. The van der Waals surface area contributed by atoms with Crippen LogP contribution >= 0.6 is 23.5 Å². The zero-order valence-electron chi connectivity index (χ0n) is 20.0. The minimum Gasteiger partial charge on any atom is -0.543 e.